The monoisotopic (exact) mass is 506 g/mol. The van der Waals surface area contributed by atoms with Crippen LogP contribution in [0, 0.1) is 0 Å². The normalized spacial score (nSPS) is 11.5. The molecule has 0 aliphatic carbocycles. The molecule has 0 aliphatic heterocycles. The van der Waals surface area contributed by atoms with E-state index in [0.29, 0.717) is 0 Å². The maximum absolute atomic E-state index is 2.39. The first-order chi connectivity index (χ1) is 19.8. The molecule has 0 nitrogen and oxygen atoms in total. The molecule has 0 unspecified atom stereocenters. The first kappa shape index (κ1) is 22.8. The number of fused-ring (bicyclic) bond motifs is 4. The molecule has 186 valence electrons. The summed E-state index contributed by atoms with van der Waals surface area (Å²) in [4.78, 5) is 0. The Morgan fingerprint density at radius 1 is 0.250 bits per heavy atom. The Kier molecular flexibility index (Phi) is 5.24. The van der Waals surface area contributed by atoms with Gasteiger partial charge >= 0.3 is 0 Å². The van der Waals surface area contributed by atoms with E-state index in [4.69, 9.17) is 0 Å². The SMILES string of the molecule is c1ccc2c(-c3cc(-c4cccc5ccccc45)cc(-c4c5ccccc5cc5ccccc45)c3)cccc2c1. The molecule has 0 aliphatic rings. The predicted octanol–water partition coefficient (Wildman–Crippen LogP) is 11.3. The van der Waals surface area contributed by atoms with Gasteiger partial charge in [0.25, 0.3) is 0 Å². The minimum atomic E-state index is 1.23. The van der Waals surface area contributed by atoms with Gasteiger partial charge in [0.15, 0.2) is 0 Å². The molecule has 0 atom stereocenters. The van der Waals surface area contributed by atoms with E-state index in [1.807, 2.05) is 0 Å². The summed E-state index contributed by atoms with van der Waals surface area (Å²) in [7, 11) is 0. The van der Waals surface area contributed by atoms with Gasteiger partial charge in [0.1, 0.15) is 0 Å². The summed E-state index contributed by atoms with van der Waals surface area (Å²) in [5, 5.41) is 10.1. The predicted molar refractivity (Wildman–Crippen MR) is 173 cm³/mol. The van der Waals surface area contributed by atoms with E-state index >= 15 is 0 Å². The van der Waals surface area contributed by atoms with Gasteiger partial charge in [0.2, 0.25) is 0 Å². The largest absolute Gasteiger partial charge is 0.0616 e. The van der Waals surface area contributed by atoms with Gasteiger partial charge in [-0.15, -0.1) is 0 Å². The molecule has 0 saturated heterocycles. The molecule has 0 N–H and O–H groups in total. The van der Waals surface area contributed by atoms with Crippen molar-refractivity contribution in [2.24, 2.45) is 0 Å². The molecule has 0 amide bonds. The summed E-state index contributed by atoms with van der Waals surface area (Å²) in [6, 6.07) is 57.7. The van der Waals surface area contributed by atoms with Crippen LogP contribution in [-0.2, 0) is 0 Å². The van der Waals surface area contributed by atoms with Crippen molar-refractivity contribution in [3.63, 3.8) is 0 Å². The highest BCUT2D eigenvalue weighted by Gasteiger charge is 2.15. The van der Waals surface area contributed by atoms with Crippen molar-refractivity contribution in [2.75, 3.05) is 0 Å². The van der Waals surface area contributed by atoms with E-state index < -0.39 is 0 Å². The van der Waals surface area contributed by atoms with Crippen molar-refractivity contribution in [1.29, 1.82) is 0 Å². The van der Waals surface area contributed by atoms with Crippen molar-refractivity contribution >= 4 is 43.1 Å². The van der Waals surface area contributed by atoms with Crippen molar-refractivity contribution in [3.05, 3.63) is 158 Å². The van der Waals surface area contributed by atoms with Crippen LogP contribution >= 0.6 is 0 Å². The van der Waals surface area contributed by atoms with Crippen LogP contribution in [0.2, 0.25) is 0 Å². The van der Waals surface area contributed by atoms with Gasteiger partial charge in [-0.05, 0) is 101 Å². The van der Waals surface area contributed by atoms with E-state index in [1.54, 1.807) is 0 Å². The van der Waals surface area contributed by atoms with E-state index in [9.17, 15) is 0 Å². The molecular formula is C40H26. The molecule has 8 aromatic rings. The average Bonchev–Trinajstić information content (AvgIpc) is 3.02. The first-order valence-corrected chi connectivity index (χ1v) is 13.9. The van der Waals surface area contributed by atoms with Gasteiger partial charge in [-0.1, -0.05) is 133 Å². The maximum atomic E-state index is 2.39. The van der Waals surface area contributed by atoms with E-state index in [0.717, 1.165) is 0 Å². The number of benzene rings is 8. The quantitative estimate of drug-likeness (QED) is 0.209. The lowest BCUT2D eigenvalue weighted by Gasteiger charge is -2.17. The minimum absolute atomic E-state index is 1.23. The summed E-state index contributed by atoms with van der Waals surface area (Å²) in [5.41, 5.74) is 7.50. The number of rotatable bonds is 3. The second kappa shape index (κ2) is 9.22. The fourth-order valence-corrected chi connectivity index (χ4v) is 6.36. The lowest BCUT2D eigenvalue weighted by molar-refractivity contribution is 1.61. The second-order valence-electron chi connectivity index (χ2n) is 10.5. The molecule has 0 saturated carbocycles. The van der Waals surface area contributed by atoms with Gasteiger partial charge in [0, 0.05) is 0 Å². The highest BCUT2D eigenvalue weighted by atomic mass is 14.2. The second-order valence-corrected chi connectivity index (χ2v) is 10.5. The highest BCUT2D eigenvalue weighted by molar-refractivity contribution is 6.14. The molecular weight excluding hydrogens is 480 g/mol. The Labute approximate surface area is 233 Å². The van der Waals surface area contributed by atoms with Gasteiger partial charge < -0.3 is 0 Å². The van der Waals surface area contributed by atoms with Crippen LogP contribution in [0.3, 0.4) is 0 Å². The fourth-order valence-electron chi connectivity index (χ4n) is 6.36. The third-order valence-electron chi connectivity index (χ3n) is 8.19. The van der Waals surface area contributed by atoms with Crippen LogP contribution in [0.15, 0.2) is 158 Å². The maximum Gasteiger partial charge on any atom is -0.00264 e. The van der Waals surface area contributed by atoms with Gasteiger partial charge in [0.05, 0.1) is 0 Å². The summed E-state index contributed by atoms with van der Waals surface area (Å²) < 4.78 is 0. The van der Waals surface area contributed by atoms with Crippen LogP contribution in [-0.4, -0.2) is 0 Å². The van der Waals surface area contributed by atoms with Crippen LogP contribution in [0.1, 0.15) is 0 Å². The van der Waals surface area contributed by atoms with Crippen molar-refractivity contribution in [1.82, 2.24) is 0 Å². The van der Waals surface area contributed by atoms with E-state index in [1.165, 1.54) is 76.5 Å². The molecule has 0 spiro atoms. The van der Waals surface area contributed by atoms with Gasteiger partial charge in [-0.2, -0.15) is 0 Å². The summed E-state index contributed by atoms with van der Waals surface area (Å²) in [5.74, 6) is 0. The standard InChI is InChI=1S/C40H26/c1-5-17-34-27(11-1)15-9-21-36(34)31-24-32(37-22-10-16-28-12-2-6-18-35(28)37)26-33(25-31)40-38-19-7-3-13-29(38)23-30-14-4-8-20-39(30)40/h1-26H. The molecule has 0 radical (unpaired) electrons. The molecule has 0 bridgehead atoms. The van der Waals surface area contributed by atoms with Crippen LogP contribution in [0.5, 0.6) is 0 Å². The number of hydrogen-bond donors (Lipinski definition) is 0. The zero-order valence-corrected chi connectivity index (χ0v) is 22.0. The Balaban J connectivity index is 1.51. The van der Waals surface area contributed by atoms with Crippen LogP contribution in [0.25, 0.3) is 76.5 Å². The summed E-state index contributed by atoms with van der Waals surface area (Å²) in [6.07, 6.45) is 0. The average molecular weight is 507 g/mol. The Bertz CT molecular complexity index is 2060. The topological polar surface area (TPSA) is 0 Å². The lowest BCUT2D eigenvalue weighted by atomic mass is 9.87. The van der Waals surface area contributed by atoms with Gasteiger partial charge in [-0.25, -0.2) is 0 Å². The van der Waals surface area contributed by atoms with Crippen molar-refractivity contribution < 1.29 is 0 Å². The van der Waals surface area contributed by atoms with Crippen molar-refractivity contribution in [2.45, 2.75) is 0 Å². The molecule has 8 rings (SSSR count). The molecule has 8 aromatic carbocycles. The third-order valence-corrected chi connectivity index (χ3v) is 8.19. The minimum Gasteiger partial charge on any atom is -0.0616 e. The molecule has 40 heavy (non-hydrogen) atoms. The van der Waals surface area contributed by atoms with Gasteiger partial charge in [-0.3, -0.25) is 0 Å². The van der Waals surface area contributed by atoms with Crippen molar-refractivity contribution in [3.8, 4) is 33.4 Å². The molecule has 0 heterocycles. The summed E-state index contributed by atoms with van der Waals surface area (Å²) in [6.45, 7) is 0. The van der Waals surface area contributed by atoms with E-state index in [-0.39, 0.29) is 0 Å². The Hall–Kier alpha value is -5.20. The zero-order valence-electron chi connectivity index (χ0n) is 22.0. The molecule has 0 aromatic heterocycles. The Morgan fingerprint density at radius 2 is 0.625 bits per heavy atom. The third kappa shape index (κ3) is 3.69. The van der Waals surface area contributed by atoms with E-state index in [2.05, 4.69) is 158 Å². The van der Waals surface area contributed by atoms with Crippen LogP contribution in [0.4, 0.5) is 0 Å². The van der Waals surface area contributed by atoms with Crippen LogP contribution < -0.4 is 0 Å². The fraction of sp³-hybridized carbons (Fsp3) is 0. The Morgan fingerprint density at radius 3 is 1.12 bits per heavy atom. The smallest absolute Gasteiger partial charge is 0.00264 e. The lowest BCUT2D eigenvalue weighted by Crippen LogP contribution is -1.90. The molecule has 0 fully saturated rings. The zero-order chi connectivity index (χ0) is 26.5. The first-order valence-electron chi connectivity index (χ1n) is 13.9. The number of hydrogen-bond acceptors (Lipinski definition) is 0. The highest BCUT2D eigenvalue weighted by Crippen LogP contribution is 2.42. The molecule has 0 heteroatoms. The summed E-state index contributed by atoms with van der Waals surface area (Å²) >= 11 is 0.